The molecular formula is C31H32N2O3. The summed E-state index contributed by atoms with van der Waals surface area (Å²) in [6.07, 6.45) is 4.66. The van der Waals surface area contributed by atoms with Crippen molar-refractivity contribution in [3.63, 3.8) is 0 Å². The summed E-state index contributed by atoms with van der Waals surface area (Å²) in [6, 6.07) is 25.5. The van der Waals surface area contributed by atoms with Crippen LogP contribution in [0.15, 0.2) is 78.9 Å². The van der Waals surface area contributed by atoms with Crippen molar-refractivity contribution in [2.24, 2.45) is 11.3 Å². The molecule has 3 aromatic rings. The van der Waals surface area contributed by atoms with Crippen LogP contribution in [0.4, 0.5) is 0 Å². The van der Waals surface area contributed by atoms with Gasteiger partial charge in [0.25, 0.3) is 5.91 Å². The zero-order valence-corrected chi connectivity index (χ0v) is 20.6. The predicted molar refractivity (Wildman–Crippen MR) is 139 cm³/mol. The fourth-order valence-corrected chi connectivity index (χ4v) is 5.70. The molecule has 2 heterocycles. The molecule has 3 aromatic carbocycles. The van der Waals surface area contributed by atoms with E-state index in [4.69, 9.17) is 4.74 Å². The van der Waals surface area contributed by atoms with Gasteiger partial charge in [-0.05, 0) is 85.5 Å². The van der Waals surface area contributed by atoms with Crippen molar-refractivity contribution in [3.05, 3.63) is 95.6 Å². The Morgan fingerprint density at radius 2 is 1.47 bits per heavy atom. The summed E-state index contributed by atoms with van der Waals surface area (Å²) in [7, 11) is 0. The Kier molecular flexibility index (Phi) is 6.00. The molecule has 0 N–H and O–H groups in total. The van der Waals surface area contributed by atoms with E-state index in [1.54, 1.807) is 0 Å². The highest BCUT2D eigenvalue weighted by Crippen LogP contribution is 2.42. The third-order valence-corrected chi connectivity index (χ3v) is 8.01. The van der Waals surface area contributed by atoms with Crippen molar-refractivity contribution in [2.45, 2.75) is 38.6 Å². The third-order valence-electron chi connectivity index (χ3n) is 8.01. The molecule has 1 spiro atoms. The minimum atomic E-state index is -0.411. The van der Waals surface area contributed by atoms with E-state index in [1.165, 1.54) is 24.0 Å². The summed E-state index contributed by atoms with van der Waals surface area (Å²) in [5.41, 5.74) is 2.81. The van der Waals surface area contributed by atoms with Gasteiger partial charge < -0.3 is 14.5 Å². The molecule has 6 rings (SSSR count). The molecular weight excluding hydrogens is 448 g/mol. The van der Waals surface area contributed by atoms with Crippen LogP contribution in [0.1, 0.15) is 47.2 Å². The first-order valence-corrected chi connectivity index (χ1v) is 13.1. The molecule has 36 heavy (non-hydrogen) atoms. The van der Waals surface area contributed by atoms with Crippen molar-refractivity contribution in [1.82, 2.24) is 9.80 Å². The van der Waals surface area contributed by atoms with E-state index in [0.29, 0.717) is 55.6 Å². The second-order valence-corrected chi connectivity index (χ2v) is 10.6. The van der Waals surface area contributed by atoms with Crippen LogP contribution in [0.3, 0.4) is 0 Å². The number of amides is 2. The number of carbonyl (C=O) groups excluding carboxylic acids is 2. The average molecular weight is 481 g/mol. The highest BCUT2D eigenvalue weighted by atomic mass is 16.5. The van der Waals surface area contributed by atoms with Crippen LogP contribution >= 0.6 is 0 Å². The number of para-hydroxylation sites is 1. The Hall–Kier alpha value is -3.60. The normalized spacial score (nSPS) is 19.1. The number of hydrogen-bond donors (Lipinski definition) is 0. The molecule has 3 aliphatic rings. The van der Waals surface area contributed by atoms with E-state index in [2.05, 4.69) is 29.2 Å². The molecule has 184 valence electrons. The lowest BCUT2D eigenvalue weighted by molar-refractivity contribution is -0.145. The third kappa shape index (κ3) is 4.62. The highest BCUT2D eigenvalue weighted by molar-refractivity contribution is 5.94. The minimum Gasteiger partial charge on any atom is -0.457 e. The number of ether oxygens (including phenoxy) is 1. The number of hydrogen-bond acceptors (Lipinski definition) is 3. The molecule has 1 saturated carbocycles. The second-order valence-electron chi connectivity index (χ2n) is 10.6. The summed E-state index contributed by atoms with van der Waals surface area (Å²) >= 11 is 0. The van der Waals surface area contributed by atoms with Crippen molar-refractivity contribution in [2.75, 3.05) is 19.6 Å². The molecule has 0 aromatic heterocycles. The minimum absolute atomic E-state index is 0.0208. The Morgan fingerprint density at radius 1 is 0.833 bits per heavy atom. The van der Waals surface area contributed by atoms with Crippen LogP contribution in [0.25, 0.3) is 0 Å². The first-order valence-electron chi connectivity index (χ1n) is 13.1. The predicted octanol–water partition coefficient (Wildman–Crippen LogP) is 5.70. The SMILES string of the molecule is O=C(c1ccc(Oc2ccccc2)cc1)N1CCC2(CC1)Cc1ccccc1CN(CC1CC1)C2=O. The lowest BCUT2D eigenvalue weighted by Gasteiger charge is -2.42. The van der Waals surface area contributed by atoms with Gasteiger partial charge in [-0.3, -0.25) is 9.59 Å². The van der Waals surface area contributed by atoms with Gasteiger partial charge in [-0.1, -0.05) is 42.5 Å². The van der Waals surface area contributed by atoms with Crippen LogP contribution < -0.4 is 4.74 Å². The van der Waals surface area contributed by atoms with E-state index in [-0.39, 0.29) is 5.91 Å². The van der Waals surface area contributed by atoms with E-state index < -0.39 is 5.41 Å². The summed E-state index contributed by atoms with van der Waals surface area (Å²) in [5, 5.41) is 0. The summed E-state index contributed by atoms with van der Waals surface area (Å²) < 4.78 is 5.86. The largest absolute Gasteiger partial charge is 0.457 e. The molecule has 1 aliphatic carbocycles. The van der Waals surface area contributed by atoms with Gasteiger partial charge >= 0.3 is 0 Å². The lowest BCUT2D eigenvalue weighted by atomic mass is 9.72. The Bertz CT molecular complexity index is 1240. The average Bonchev–Trinajstić information content (AvgIpc) is 3.75. The van der Waals surface area contributed by atoms with Gasteiger partial charge in [0.1, 0.15) is 11.5 Å². The lowest BCUT2D eigenvalue weighted by Crippen LogP contribution is -2.51. The zero-order chi connectivity index (χ0) is 24.5. The highest BCUT2D eigenvalue weighted by Gasteiger charge is 2.47. The number of rotatable bonds is 5. The van der Waals surface area contributed by atoms with E-state index in [0.717, 1.165) is 18.7 Å². The standard InChI is InChI=1S/C31H32N2O3/c34-29(24-12-14-28(15-13-24)36-27-8-2-1-3-9-27)32-18-16-31(17-19-32)20-25-6-4-5-7-26(25)22-33(30(31)35)21-23-10-11-23/h1-9,12-15,23H,10-11,16-22H2. The Labute approximate surface area is 212 Å². The first-order chi connectivity index (χ1) is 17.6. The molecule has 0 radical (unpaired) electrons. The molecule has 0 unspecified atom stereocenters. The van der Waals surface area contributed by atoms with Crippen LogP contribution in [0.2, 0.25) is 0 Å². The van der Waals surface area contributed by atoms with Gasteiger partial charge in [-0.25, -0.2) is 0 Å². The molecule has 5 heteroatoms. The van der Waals surface area contributed by atoms with Crippen LogP contribution in [-0.2, 0) is 17.8 Å². The van der Waals surface area contributed by atoms with Gasteiger partial charge in [0.2, 0.25) is 5.91 Å². The van der Waals surface area contributed by atoms with E-state index in [9.17, 15) is 9.59 Å². The van der Waals surface area contributed by atoms with Crippen LogP contribution in [0.5, 0.6) is 11.5 Å². The maximum Gasteiger partial charge on any atom is 0.253 e. The molecule has 1 saturated heterocycles. The maximum absolute atomic E-state index is 13.9. The number of piperidine rings is 1. The topological polar surface area (TPSA) is 49.9 Å². The summed E-state index contributed by atoms with van der Waals surface area (Å²) in [5.74, 6) is 2.44. The molecule has 2 aliphatic heterocycles. The monoisotopic (exact) mass is 480 g/mol. The Balaban J connectivity index is 1.15. The van der Waals surface area contributed by atoms with E-state index in [1.807, 2.05) is 59.5 Å². The van der Waals surface area contributed by atoms with Crippen LogP contribution in [0, 0.1) is 11.3 Å². The number of benzene rings is 3. The number of nitrogens with zero attached hydrogens (tertiary/aromatic N) is 2. The molecule has 5 nitrogen and oxygen atoms in total. The van der Waals surface area contributed by atoms with E-state index >= 15 is 0 Å². The fourth-order valence-electron chi connectivity index (χ4n) is 5.70. The summed E-state index contributed by atoms with van der Waals surface area (Å²) in [6.45, 7) is 2.79. The van der Waals surface area contributed by atoms with Crippen LogP contribution in [-0.4, -0.2) is 41.2 Å². The second kappa shape index (κ2) is 9.45. The molecule has 2 fully saturated rings. The smallest absolute Gasteiger partial charge is 0.253 e. The fraction of sp³-hybridized carbons (Fsp3) is 0.355. The van der Waals surface area contributed by atoms with Gasteiger partial charge in [0, 0.05) is 31.7 Å². The van der Waals surface area contributed by atoms with Crippen molar-refractivity contribution >= 4 is 11.8 Å². The van der Waals surface area contributed by atoms with Gasteiger partial charge in [0.15, 0.2) is 0 Å². The Morgan fingerprint density at radius 3 is 2.17 bits per heavy atom. The number of likely N-dealkylation sites (tertiary alicyclic amines) is 1. The maximum atomic E-state index is 13.9. The quantitative estimate of drug-likeness (QED) is 0.471. The van der Waals surface area contributed by atoms with Gasteiger partial charge in [-0.2, -0.15) is 0 Å². The molecule has 2 amide bonds. The number of carbonyl (C=O) groups is 2. The molecule has 0 bridgehead atoms. The zero-order valence-electron chi connectivity index (χ0n) is 20.6. The van der Waals surface area contributed by atoms with Gasteiger partial charge in [-0.15, -0.1) is 0 Å². The van der Waals surface area contributed by atoms with Crippen molar-refractivity contribution in [1.29, 1.82) is 0 Å². The van der Waals surface area contributed by atoms with Crippen molar-refractivity contribution in [3.8, 4) is 11.5 Å². The summed E-state index contributed by atoms with van der Waals surface area (Å²) in [4.78, 5) is 31.2. The first kappa shape index (κ1) is 22.8. The molecule has 0 atom stereocenters. The van der Waals surface area contributed by atoms with Gasteiger partial charge in [0.05, 0.1) is 5.41 Å². The number of fused-ring (bicyclic) bond motifs is 1. The van der Waals surface area contributed by atoms with Crippen molar-refractivity contribution < 1.29 is 14.3 Å².